The second kappa shape index (κ2) is 15.2. The van der Waals surface area contributed by atoms with Gasteiger partial charge in [0, 0.05) is 26.2 Å². The van der Waals surface area contributed by atoms with E-state index in [2.05, 4.69) is 16.0 Å². The van der Waals surface area contributed by atoms with E-state index in [4.69, 9.17) is 27.9 Å². The number of hydrogen-bond donors (Lipinski definition) is 3. The second-order valence-electron chi connectivity index (χ2n) is 9.31. The van der Waals surface area contributed by atoms with E-state index in [0.29, 0.717) is 37.4 Å². The van der Waals surface area contributed by atoms with Crippen molar-refractivity contribution in [2.75, 3.05) is 17.7 Å². The first-order valence-corrected chi connectivity index (χ1v) is 14.9. The number of anilines is 2. The molecule has 0 heterocycles. The Labute approximate surface area is 268 Å². The molecule has 3 amide bonds. The van der Waals surface area contributed by atoms with Crippen LogP contribution in [0, 0.1) is 0 Å². The molecule has 0 aromatic heterocycles. The van der Waals surface area contributed by atoms with Gasteiger partial charge in [0.05, 0.1) is 23.6 Å². The molecule has 0 aliphatic rings. The standard InChI is InChI=1S/C33H27Cl2N3O5S/c1-20(30(39)37-28-14-7-6-13-26(28)33(42)43-2)44-25-12-8-11-24(19-25)36-32(41)29(17-22-15-16-23(34)18-27(22)35)38-31(40)21-9-4-3-5-10-21/h3-20H,1-2H3,(H,36,41)(H,37,39)(H,38,40)/b29-17+. The zero-order valence-corrected chi connectivity index (χ0v) is 25.9. The van der Waals surface area contributed by atoms with Crippen molar-refractivity contribution in [2.24, 2.45) is 0 Å². The second-order valence-corrected chi connectivity index (χ2v) is 11.6. The number of esters is 1. The highest BCUT2D eigenvalue weighted by Crippen LogP contribution is 2.28. The lowest BCUT2D eigenvalue weighted by Gasteiger charge is -2.15. The predicted octanol–water partition coefficient (Wildman–Crippen LogP) is 7.31. The average Bonchev–Trinajstić information content (AvgIpc) is 3.02. The molecule has 0 saturated heterocycles. The molecule has 1 unspecified atom stereocenters. The molecule has 0 fully saturated rings. The van der Waals surface area contributed by atoms with Crippen molar-refractivity contribution in [3.8, 4) is 0 Å². The van der Waals surface area contributed by atoms with Crippen molar-refractivity contribution >= 4 is 76.1 Å². The van der Waals surface area contributed by atoms with E-state index in [1.54, 1.807) is 97.9 Å². The summed E-state index contributed by atoms with van der Waals surface area (Å²) in [5, 5.41) is 8.42. The normalized spacial score (nSPS) is 11.7. The molecule has 44 heavy (non-hydrogen) atoms. The molecule has 0 bridgehead atoms. The first-order valence-electron chi connectivity index (χ1n) is 13.2. The van der Waals surface area contributed by atoms with Crippen molar-refractivity contribution in [1.82, 2.24) is 5.32 Å². The molecule has 0 spiro atoms. The smallest absolute Gasteiger partial charge is 0.339 e. The van der Waals surface area contributed by atoms with Gasteiger partial charge >= 0.3 is 5.97 Å². The van der Waals surface area contributed by atoms with Gasteiger partial charge in [-0.3, -0.25) is 14.4 Å². The molecule has 11 heteroatoms. The van der Waals surface area contributed by atoms with Crippen molar-refractivity contribution in [2.45, 2.75) is 17.1 Å². The number of amides is 3. The highest BCUT2D eigenvalue weighted by atomic mass is 35.5. The molecule has 1 atom stereocenters. The Morgan fingerprint density at radius 2 is 1.57 bits per heavy atom. The molecule has 0 radical (unpaired) electrons. The highest BCUT2D eigenvalue weighted by molar-refractivity contribution is 8.00. The van der Waals surface area contributed by atoms with Gasteiger partial charge in [0.15, 0.2) is 0 Å². The fourth-order valence-electron chi connectivity index (χ4n) is 3.93. The van der Waals surface area contributed by atoms with Crippen molar-refractivity contribution in [1.29, 1.82) is 0 Å². The fraction of sp³-hybridized carbons (Fsp3) is 0.0909. The van der Waals surface area contributed by atoms with E-state index >= 15 is 0 Å². The molecule has 4 aromatic rings. The number of nitrogens with one attached hydrogen (secondary N) is 3. The number of thioether (sulfide) groups is 1. The number of methoxy groups -OCH3 is 1. The van der Waals surface area contributed by atoms with E-state index in [9.17, 15) is 19.2 Å². The minimum Gasteiger partial charge on any atom is -0.465 e. The molecule has 8 nitrogen and oxygen atoms in total. The molecule has 224 valence electrons. The number of carbonyl (C=O) groups is 4. The van der Waals surface area contributed by atoms with Gasteiger partial charge in [0.25, 0.3) is 11.8 Å². The third kappa shape index (κ3) is 8.73. The minimum atomic E-state index is -0.590. The Morgan fingerprint density at radius 1 is 0.841 bits per heavy atom. The van der Waals surface area contributed by atoms with E-state index < -0.39 is 23.0 Å². The Kier molecular flexibility index (Phi) is 11.2. The van der Waals surface area contributed by atoms with Crippen LogP contribution in [0.15, 0.2) is 108 Å². The molecule has 0 saturated carbocycles. The average molecular weight is 649 g/mol. The van der Waals surface area contributed by atoms with Crippen LogP contribution in [0.25, 0.3) is 6.08 Å². The Bertz CT molecular complexity index is 1730. The SMILES string of the molecule is COC(=O)c1ccccc1NC(=O)C(C)Sc1cccc(NC(=O)/C(=C\c2ccc(Cl)cc2Cl)NC(=O)c2ccccc2)c1. The maximum atomic E-state index is 13.4. The fourth-order valence-corrected chi connectivity index (χ4v) is 5.32. The third-order valence-electron chi connectivity index (χ3n) is 6.16. The van der Waals surface area contributed by atoms with Gasteiger partial charge in [-0.15, -0.1) is 11.8 Å². The summed E-state index contributed by atoms with van der Waals surface area (Å²) in [6, 6.07) is 26.8. The van der Waals surface area contributed by atoms with Gasteiger partial charge in [0.1, 0.15) is 5.70 Å². The Hall–Kier alpha value is -4.57. The third-order valence-corrected chi connectivity index (χ3v) is 7.81. The molecule has 0 aliphatic carbocycles. The van der Waals surface area contributed by atoms with Gasteiger partial charge in [-0.2, -0.15) is 0 Å². The molecular formula is C33H27Cl2N3O5S. The van der Waals surface area contributed by atoms with Crippen molar-refractivity contribution in [3.63, 3.8) is 0 Å². The monoisotopic (exact) mass is 647 g/mol. The number of halogens is 2. The highest BCUT2D eigenvalue weighted by Gasteiger charge is 2.20. The van der Waals surface area contributed by atoms with Gasteiger partial charge in [-0.05, 0) is 73.2 Å². The summed E-state index contributed by atoms with van der Waals surface area (Å²) >= 11 is 13.6. The lowest BCUT2D eigenvalue weighted by atomic mass is 10.1. The molecule has 4 aromatic carbocycles. The van der Waals surface area contributed by atoms with Gasteiger partial charge < -0.3 is 20.7 Å². The van der Waals surface area contributed by atoms with E-state index in [0.717, 1.165) is 0 Å². The zero-order chi connectivity index (χ0) is 31.6. The predicted molar refractivity (Wildman–Crippen MR) is 175 cm³/mol. The van der Waals surface area contributed by atoms with Crippen LogP contribution in [0.1, 0.15) is 33.2 Å². The van der Waals surface area contributed by atoms with E-state index in [1.807, 2.05) is 0 Å². The van der Waals surface area contributed by atoms with Crippen LogP contribution in [0.5, 0.6) is 0 Å². The van der Waals surface area contributed by atoms with Crippen LogP contribution in [-0.4, -0.2) is 36.1 Å². The topological polar surface area (TPSA) is 114 Å². The lowest BCUT2D eigenvalue weighted by molar-refractivity contribution is -0.115. The minimum absolute atomic E-state index is 0.0434. The number of rotatable bonds is 10. The molecular weight excluding hydrogens is 621 g/mol. The zero-order valence-electron chi connectivity index (χ0n) is 23.6. The number of carbonyl (C=O) groups excluding carboxylic acids is 4. The van der Waals surface area contributed by atoms with Crippen LogP contribution in [0.3, 0.4) is 0 Å². The van der Waals surface area contributed by atoms with Crippen molar-refractivity contribution in [3.05, 3.63) is 129 Å². The number of hydrogen-bond acceptors (Lipinski definition) is 6. The van der Waals surface area contributed by atoms with Crippen LogP contribution in [0.2, 0.25) is 10.0 Å². The lowest BCUT2D eigenvalue weighted by Crippen LogP contribution is -2.30. The van der Waals surface area contributed by atoms with Gasteiger partial charge in [-0.25, -0.2) is 4.79 Å². The largest absolute Gasteiger partial charge is 0.465 e. The number of para-hydroxylation sites is 1. The summed E-state index contributed by atoms with van der Waals surface area (Å²) in [6.07, 6.45) is 1.46. The first-order chi connectivity index (χ1) is 21.1. The summed E-state index contributed by atoms with van der Waals surface area (Å²) in [6.45, 7) is 1.72. The summed E-state index contributed by atoms with van der Waals surface area (Å²) < 4.78 is 4.79. The first kappa shape index (κ1) is 32.3. The summed E-state index contributed by atoms with van der Waals surface area (Å²) in [5.74, 6) is -1.95. The van der Waals surface area contributed by atoms with Crippen LogP contribution < -0.4 is 16.0 Å². The van der Waals surface area contributed by atoms with E-state index in [-0.39, 0.29) is 17.2 Å². The Balaban J connectivity index is 1.50. The molecule has 0 aliphatic heterocycles. The van der Waals surface area contributed by atoms with Gasteiger partial charge in [-0.1, -0.05) is 65.7 Å². The summed E-state index contributed by atoms with van der Waals surface area (Å²) in [4.78, 5) is 52.1. The van der Waals surface area contributed by atoms with Gasteiger partial charge in [0.2, 0.25) is 5.91 Å². The Morgan fingerprint density at radius 3 is 2.30 bits per heavy atom. The maximum Gasteiger partial charge on any atom is 0.339 e. The van der Waals surface area contributed by atoms with E-state index in [1.165, 1.54) is 31.0 Å². The molecule has 4 rings (SSSR count). The summed E-state index contributed by atoms with van der Waals surface area (Å²) in [5.41, 5.74) is 1.83. The maximum absolute atomic E-state index is 13.4. The number of ether oxygens (including phenoxy) is 1. The summed E-state index contributed by atoms with van der Waals surface area (Å²) in [7, 11) is 1.27. The van der Waals surface area contributed by atoms with Crippen LogP contribution >= 0.6 is 35.0 Å². The van der Waals surface area contributed by atoms with Crippen LogP contribution in [-0.2, 0) is 14.3 Å². The molecule has 3 N–H and O–H groups in total. The quantitative estimate of drug-likeness (QED) is 0.0945. The van der Waals surface area contributed by atoms with Crippen LogP contribution in [0.4, 0.5) is 11.4 Å². The number of benzene rings is 4. The van der Waals surface area contributed by atoms with Crippen molar-refractivity contribution < 1.29 is 23.9 Å².